The number of hydrogen-bond donors (Lipinski definition) is 2. The van der Waals surface area contributed by atoms with Crippen LogP contribution in [0.1, 0.15) is 24.7 Å². The van der Waals surface area contributed by atoms with E-state index in [1.165, 1.54) is 0 Å². The van der Waals surface area contributed by atoms with Crippen molar-refractivity contribution in [2.24, 2.45) is 0 Å². The van der Waals surface area contributed by atoms with Crippen LogP contribution in [0.3, 0.4) is 0 Å². The fraction of sp³-hybridized carbons (Fsp3) is 0.300. The van der Waals surface area contributed by atoms with Crippen LogP contribution >= 0.6 is 0 Å². The average molecular weight is 398 g/mol. The van der Waals surface area contributed by atoms with Gasteiger partial charge in [0.15, 0.2) is 0 Å². The zero-order chi connectivity index (χ0) is 19.7. The Bertz CT molecular complexity index is 1100. The van der Waals surface area contributed by atoms with Gasteiger partial charge in [0.2, 0.25) is 15.9 Å². The van der Waals surface area contributed by atoms with Crippen LogP contribution in [0, 0.1) is 0 Å². The molecule has 2 aromatic carbocycles. The highest BCUT2D eigenvalue weighted by atomic mass is 32.2. The number of para-hydroxylation sites is 2. The quantitative estimate of drug-likeness (QED) is 0.666. The number of fused-ring (bicyclic) bond motifs is 2. The van der Waals surface area contributed by atoms with Crippen molar-refractivity contribution in [3.8, 4) is 0 Å². The summed E-state index contributed by atoms with van der Waals surface area (Å²) in [5.41, 5.74) is 3.52. The number of rotatable bonds is 6. The molecule has 0 atom stereocenters. The third-order valence-corrected chi connectivity index (χ3v) is 6.46. The highest BCUT2D eigenvalue weighted by Gasteiger charge is 2.26. The molecule has 4 rings (SSSR count). The summed E-state index contributed by atoms with van der Waals surface area (Å²) in [6.07, 6.45) is 1.55. The van der Waals surface area contributed by atoms with Gasteiger partial charge in [-0.05, 0) is 36.2 Å². The molecule has 0 bridgehead atoms. The molecule has 0 unspecified atom stereocenters. The van der Waals surface area contributed by atoms with Crippen LogP contribution in [-0.4, -0.2) is 37.4 Å². The molecule has 0 aliphatic carbocycles. The number of imidazole rings is 1. The molecule has 2 N–H and O–H groups in total. The standard InChI is InChI=1S/C20H22N4O3S/c1-2-21-28(26,27)15-8-7-14-11-12-24(18(14)13-15)20(25)10-9-19-22-16-5-3-4-6-17(16)23-19/h3-8,13,21H,2,9-12H2,1H3,(H,22,23). The highest BCUT2D eigenvalue weighted by molar-refractivity contribution is 7.89. The van der Waals surface area contributed by atoms with Gasteiger partial charge in [-0.3, -0.25) is 4.79 Å². The smallest absolute Gasteiger partial charge is 0.240 e. The maximum Gasteiger partial charge on any atom is 0.240 e. The van der Waals surface area contributed by atoms with Crippen LogP contribution in [0.25, 0.3) is 11.0 Å². The van der Waals surface area contributed by atoms with Gasteiger partial charge < -0.3 is 9.88 Å². The third-order valence-electron chi connectivity index (χ3n) is 4.91. The number of nitrogens with one attached hydrogen (secondary N) is 2. The van der Waals surface area contributed by atoms with Crippen molar-refractivity contribution in [1.82, 2.24) is 14.7 Å². The summed E-state index contributed by atoms with van der Waals surface area (Å²) >= 11 is 0. The van der Waals surface area contributed by atoms with Crippen LogP contribution in [-0.2, 0) is 27.7 Å². The van der Waals surface area contributed by atoms with Crippen LogP contribution < -0.4 is 9.62 Å². The first-order valence-electron chi connectivity index (χ1n) is 9.34. The summed E-state index contributed by atoms with van der Waals surface area (Å²) in [7, 11) is -3.55. The Morgan fingerprint density at radius 2 is 2.07 bits per heavy atom. The lowest BCUT2D eigenvalue weighted by Crippen LogP contribution is -2.29. The molecule has 3 aromatic rings. The first-order valence-corrected chi connectivity index (χ1v) is 10.8. The van der Waals surface area contributed by atoms with E-state index in [0.717, 1.165) is 28.8 Å². The van der Waals surface area contributed by atoms with Crippen molar-refractivity contribution in [3.05, 3.63) is 53.9 Å². The monoisotopic (exact) mass is 398 g/mol. The molecular formula is C20H22N4O3S. The zero-order valence-corrected chi connectivity index (χ0v) is 16.4. The van der Waals surface area contributed by atoms with Gasteiger partial charge in [0.1, 0.15) is 5.82 Å². The van der Waals surface area contributed by atoms with Gasteiger partial charge in [0.25, 0.3) is 0 Å². The number of sulfonamides is 1. The van der Waals surface area contributed by atoms with Crippen LogP contribution in [0.15, 0.2) is 47.4 Å². The topological polar surface area (TPSA) is 95.2 Å². The van der Waals surface area contributed by atoms with Crippen LogP contribution in [0.2, 0.25) is 0 Å². The lowest BCUT2D eigenvalue weighted by atomic mass is 10.2. The normalized spacial score (nSPS) is 13.8. The third kappa shape index (κ3) is 3.53. The predicted molar refractivity (Wildman–Crippen MR) is 108 cm³/mol. The largest absolute Gasteiger partial charge is 0.342 e. The number of carbonyl (C=O) groups excluding carboxylic acids is 1. The van der Waals surface area contributed by atoms with Gasteiger partial charge in [-0.15, -0.1) is 0 Å². The van der Waals surface area contributed by atoms with E-state index in [0.29, 0.717) is 31.6 Å². The summed E-state index contributed by atoms with van der Waals surface area (Å²) in [5.74, 6) is 0.745. The number of aromatic amines is 1. The molecule has 1 amide bonds. The number of H-pyrrole nitrogens is 1. The maximum absolute atomic E-state index is 12.8. The second kappa shape index (κ2) is 7.37. The lowest BCUT2D eigenvalue weighted by molar-refractivity contribution is -0.118. The minimum absolute atomic E-state index is 0.0304. The maximum atomic E-state index is 12.8. The Morgan fingerprint density at radius 3 is 2.86 bits per heavy atom. The summed E-state index contributed by atoms with van der Waals surface area (Å²) in [5, 5.41) is 0. The van der Waals surface area contributed by atoms with E-state index in [4.69, 9.17) is 0 Å². The van der Waals surface area contributed by atoms with E-state index in [9.17, 15) is 13.2 Å². The number of aromatic nitrogens is 2. The lowest BCUT2D eigenvalue weighted by Gasteiger charge is -2.18. The average Bonchev–Trinajstić information content (AvgIpc) is 3.29. The van der Waals surface area contributed by atoms with E-state index < -0.39 is 10.0 Å². The molecule has 0 radical (unpaired) electrons. The second-order valence-electron chi connectivity index (χ2n) is 6.79. The molecular weight excluding hydrogens is 376 g/mol. The number of nitrogens with zero attached hydrogens (tertiary/aromatic N) is 2. The van der Waals surface area contributed by atoms with Crippen molar-refractivity contribution in [1.29, 1.82) is 0 Å². The Balaban J connectivity index is 1.50. The van der Waals surface area contributed by atoms with E-state index in [2.05, 4.69) is 14.7 Å². The molecule has 1 aliphatic heterocycles. The molecule has 0 saturated heterocycles. The molecule has 1 aliphatic rings. The molecule has 28 heavy (non-hydrogen) atoms. The molecule has 0 fully saturated rings. The van der Waals surface area contributed by atoms with E-state index in [1.54, 1.807) is 30.0 Å². The van der Waals surface area contributed by atoms with Crippen molar-refractivity contribution in [3.63, 3.8) is 0 Å². The van der Waals surface area contributed by atoms with E-state index >= 15 is 0 Å². The molecule has 1 aromatic heterocycles. The first-order chi connectivity index (χ1) is 13.5. The van der Waals surface area contributed by atoms with Crippen molar-refractivity contribution in [2.45, 2.75) is 31.1 Å². The molecule has 146 valence electrons. The number of amides is 1. The van der Waals surface area contributed by atoms with Gasteiger partial charge in [0.05, 0.1) is 15.9 Å². The Kier molecular flexibility index (Phi) is 4.91. The fourth-order valence-electron chi connectivity index (χ4n) is 3.54. The molecule has 0 spiro atoms. The van der Waals surface area contributed by atoms with Crippen LogP contribution in [0.4, 0.5) is 5.69 Å². The SMILES string of the molecule is CCNS(=O)(=O)c1ccc2c(c1)N(C(=O)CCc1nc3ccccc3[nH]1)CC2. The minimum Gasteiger partial charge on any atom is -0.342 e. The van der Waals surface area contributed by atoms with Gasteiger partial charge >= 0.3 is 0 Å². The van der Waals surface area contributed by atoms with E-state index in [1.807, 2.05) is 24.3 Å². The number of hydrogen-bond acceptors (Lipinski definition) is 4. The van der Waals surface area contributed by atoms with Crippen molar-refractivity contribution < 1.29 is 13.2 Å². The predicted octanol–water partition coefficient (Wildman–Crippen LogP) is 2.38. The van der Waals surface area contributed by atoms with Gasteiger partial charge in [-0.1, -0.05) is 25.1 Å². The summed E-state index contributed by atoms with van der Waals surface area (Å²) in [6, 6.07) is 12.7. The van der Waals surface area contributed by atoms with E-state index in [-0.39, 0.29) is 10.8 Å². The number of benzene rings is 2. The van der Waals surface area contributed by atoms with Crippen molar-refractivity contribution in [2.75, 3.05) is 18.0 Å². The van der Waals surface area contributed by atoms with Gasteiger partial charge in [0, 0.05) is 31.6 Å². The Labute approximate surface area is 163 Å². The van der Waals surface area contributed by atoms with Crippen LogP contribution in [0.5, 0.6) is 0 Å². The zero-order valence-electron chi connectivity index (χ0n) is 15.6. The minimum atomic E-state index is -3.55. The molecule has 7 nitrogen and oxygen atoms in total. The Morgan fingerprint density at radius 1 is 1.25 bits per heavy atom. The van der Waals surface area contributed by atoms with Gasteiger partial charge in [-0.25, -0.2) is 18.1 Å². The molecule has 8 heteroatoms. The Hall–Kier alpha value is -2.71. The second-order valence-corrected chi connectivity index (χ2v) is 8.55. The summed E-state index contributed by atoms with van der Waals surface area (Å²) in [4.78, 5) is 22.4. The number of aryl methyl sites for hydroxylation is 1. The van der Waals surface area contributed by atoms with Crippen molar-refractivity contribution >= 4 is 32.7 Å². The summed E-state index contributed by atoms with van der Waals surface area (Å²) in [6.45, 7) is 2.62. The number of carbonyl (C=O) groups is 1. The highest BCUT2D eigenvalue weighted by Crippen LogP contribution is 2.31. The molecule has 0 saturated carbocycles. The van der Waals surface area contributed by atoms with Gasteiger partial charge in [-0.2, -0.15) is 0 Å². The number of anilines is 1. The first kappa shape index (κ1) is 18.6. The molecule has 2 heterocycles. The summed E-state index contributed by atoms with van der Waals surface area (Å²) < 4.78 is 27.0. The fourth-order valence-corrected chi connectivity index (χ4v) is 4.60.